The average Bonchev–Trinajstić information content (AvgIpc) is 3.04. The van der Waals surface area contributed by atoms with Crippen LogP contribution in [0, 0.1) is 13.8 Å². The number of carbonyl (C=O) groups excluding carboxylic acids is 2. The fraction of sp³-hybridized carbons (Fsp3) is 0.280. The number of ether oxygens (including phenoxy) is 2. The van der Waals surface area contributed by atoms with E-state index in [0.29, 0.717) is 30.2 Å². The molecule has 31 heavy (non-hydrogen) atoms. The highest BCUT2D eigenvalue weighted by Gasteiger charge is 2.23. The molecular formula is C25H28N2O4. The van der Waals surface area contributed by atoms with Crippen molar-refractivity contribution in [2.45, 2.75) is 40.3 Å². The molecule has 0 saturated carbocycles. The van der Waals surface area contributed by atoms with Gasteiger partial charge in [-0.1, -0.05) is 42.5 Å². The van der Waals surface area contributed by atoms with Crippen LogP contribution < -0.4 is 10.1 Å². The van der Waals surface area contributed by atoms with Crippen LogP contribution in [-0.4, -0.2) is 29.2 Å². The zero-order valence-electron chi connectivity index (χ0n) is 18.3. The Labute approximate surface area is 182 Å². The first-order valence-electron chi connectivity index (χ1n) is 10.3. The van der Waals surface area contributed by atoms with Crippen molar-refractivity contribution in [3.8, 4) is 5.75 Å². The minimum atomic E-state index is -0.959. The summed E-state index contributed by atoms with van der Waals surface area (Å²) < 4.78 is 13.1. The molecule has 0 saturated heterocycles. The van der Waals surface area contributed by atoms with Gasteiger partial charge in [-0.05, 0) is 51.5 Å². The molecule has 1 heterocycles. The predicted molar refractivity (Wildman–Crippen MR) is 121 cm³/mol. The number of rotatable bonds is 8. The van der Waals surface area contributed by atoms with Crippen LogP contribution in [0.25, 0.3) is 0 Å². The van der Waals surface area contributed by atoms with E-state index in [1.165, 1.54) is 0 Å². The van der Waals surface area contributed by atoms with Crippen molar-refractivity contribution < 1.29 is 19.1 Å². The van der Waals surface area contributed by atoms with Crippen LogP contribution >= 0.6 is 0 Å². The van der Waals surface area contributed by atoms with E-state index in [-0.39, 0.29) is 0 Å². The molecule has 0 bridgehead atoms. The number of amides is 1. The number of esters is 1. The molecule has 3 aromatic rings. The van der Waals surface area contributed by atoms with E-state index in [1.54, 1.807) is 31.2 Å². The van der Waals surface area contributed by atoms with Crippen molar-refractivity contribution in [1.29, 1.82) is 0 Å². The van der Waals surface area contributed by atoms with Gasteiger partial charge in [0.25, 0.3) is 5.91 Å². The molecule has 6 heteroatoms. The summed E-state index contributed by atoms with van der Waals surface area (Å²) in [7, 11) is 0. The van der Waals surface area contributed by atoms with Gasteiger partial charge in [-0.15, -0.1) is 0 Å². The van der Waals surface area contributed by atoms with Crippen molar-refractivity contribution in [2.24, 2.45) is 0 Å². The fourth-order valence-electron chi connectivity index (χ4n) is 3.38. The van der Waals surface area contributed by atoms with Gasteiger partial charge in [0.15, 0.2) is 6.10 Å². The molecular weight excluding hydrogens is 392 g/mol. The maximum atomic E-state index is 12.8. The largest absolute Gasteiger partial charge is 0.492 e. The summed E-state index contributed by atoms with van der Waals surface area (Å²) in [5.74, 6) is -0.368. The van der Waals surface area contributed by atoms with Gasteiger partial charge >= 0.3 is 5.97 Å². The van der Waals surface area contributed by atoms with E-state index in [2.05, 4.69) is 9.88 Å². The van der Waals surface area contributed by atoms with Crippen LogP contribution in [0.3, 0.4) is 0 Å². The number of hydrogen-bond donors (Lipinski definition) is 1. The van der Waals surface area contributed by atoms with Gasteiger partial charge in [0.2, 0.25) is 0 Å². The Morgan fingerprint density at radius 3 is 2.42 bits per heavy atom. The Kier molecular flexibility index (Phi) is 7.13. The van der Waals surface area contributed by atoms with E-state index in [0.717, 1.165) is 17.0 Å². The first-order valence-corrected chi connectivity index (χ1v) is 10.3. The van der Waals surface area contributed by atoms with Gasteiger partial charge in [0, 0.05) is 17.9 Å². The normalized spacial score (nSPS) is 11.6. The second kappa shape index (κ2) is 9.98. The minimum Gasteiger partial charge on any atom is -0.492 e. The van der Waals surface area contributed by atoms with Gasteiger partial charge in [-0.2, -0.15) is 0 Å². The number of aryl methyl sites for hydroxylation is 1. The van der Waals surface area contributed by atoms with E-state index in [9.17, 15) is 9.59 Å². The topological polar surface area (TPSA) is 69.6 Å². The van der Waals surface area contributed by atoms with E-state index < -0.39 is 18.0 Å². The zero-order chi connectivity index (χ0) is 22.4. The fourth-order valence-corrected chi connectivity index (χ4v) is 3.38. The molecule has 2 aromatic carbocycles. The number of para-hydroxylation sites is 2. The second-order valence-electron chi connectivity index (χ2n) is 7.32. The number of hydrogen-bond acceptors (Lipinski definition) is 4. The Morgan fingerprint density at radius 2 is 1.71 bits per heavy atom. The van der Waals surface area contributed by atoms with Crippen LogP contribution in [0.4, 0.5) is 5.69 Å². The summed E-state index contributed by atoms with van der Waals surface area (Å²) in [6, 6.07) is 19.0. The lowest BCUT2D eigenvalue weighted by Crippen LogP contribution is -2.30. The highest BCUT2D eigenvalue weighted by Crippen LogP contribution is 2.24. The molecule has 1 atom stereocenters. The minimum absolute atomic E-state index is 0.418. The molecule has 0 unspecified atom stereocenters. The quantitative estimate of drug-likeness (QED) is 0.535. The van der Waals surface area contributed by atoms with Crippen molar-refractivity contribution in [2.75, 3.05) is 11.9 Å². The highest BCUT2D eigenvalue weighted by molar-refractivity contribution is 5.98. The summed E-state index contributed by atoms with van der Waals surface area (Å²) in [4.78, 5) is 25.4. The van der Waals surface area contributed by atoms with Crippen molar-refractivity contribution >= 4 is 17.6 Å². The van der Waals surface area contributed by atoms with Crippen LogP contribution in [0.15, 0.2) is 60.7 Å². The Balaban J connectivity index is 1.68. The van der Waals surface area contributed by atoms with E-state index in [4.69, 9.17) is 9.47 Å². The van der Waals surface area contributed by atoms with Gasteiger partial charge in [0.1, 0.15) is 5.75 Å². The molecule has 0 aliphatic carbocycles. The summed E-state index contributed by atoms with van der Waals surface area (Å²) >= 11 is 0. The summed E-state index contributed by atoms with van der Waals surface area (Å²) in [6.45, 7) is 8.41. The lowest BCUT2D eigenvalue weighted by Gasteiger charge is -2.16. The van der Waals surface area contributed by atoms with E-state index in [1.807, 2.05) is 57.2 Å². The van der Waals surface area contributed by atoms with Gasteiger partial charge in [0.05, 0.1) is 17.9 Å². The molecule has 3 rings (SSSR count). The molecule has 0 aliphatic rings. The van der Waals surface area contributed by atoms with Gasteiger partial charge in [-0.25, -0.2) is 4.79 Å². The number of nitrogens with zero attached hydrogens (tertiary/aromatic N) is 1. The molecule has 1 aromatic heterocycles. The standard InChI is InChI=1S/C25H28N2O4/c1-5-30-23-14-10-9-13-22(23)26-24(28)19(4)31-25(29)21-15-17(2)27(18(21)3)16-20-11-7-6-8-12-20/h6-15,19H,5,16H2,1-4H3,(H,26,28)/t19-/m0/s1. The van der Waals surface area contributed by atoms with Crippen LogP contribution in [-0.2, 0) is 16.1 Å². The van der Waals surface area contributed by atoms with Gasteiger partial charge < -0.3 is 19.4 Å². The smallest absolute Gasteiger partial charge is 0.340 e. The highest BCUT2D eigenvalue weighted by atomic mass is 16.5. The lowest BCUT2D eigenvalue weighted by atomic mass is 10.2. The first kappa shape index (κ1) is 22.2. The van der Waals surface area contributed by atoms with Crippen molar-refractivity contribution in [3.05, 3.63) is 83.2 Å². The van der Waals surface area contributed by atoms with Crippen LogP contribution in [0.5, 0.6) is 5.75 Å². The van der Waals surface area contributed by atoms with Crippen molar-refractivity contribution in [1.82, 2.24) is 4.57 Å². The number of nitrogens with one attached hydrogen (secondary N) is 1. The first-order chi connectivity index (χ1) is 14.9. The zero-order valence-corrected chi connectivity index (χ0v) is 18.3. The third-order valence-corrected chi connectivity index (χ3v) is 5.07. The number of benzene rings is 2. The van der Waals surface area contributed by atoms with Crippen LogP contribution in [0.1, 0.15) is 41.2 Å². The third-order valence-electron chi connectivity index (χ3n) is 5.07. The summed E-state index contributed by atoms with van der Waals surface area (Å²) in [5, 5.41) is 2.77. The molecule has 1 N–H and O–H groups in total. The molecule has 0 fully saturated rings. The Bertz CT molecular complexity index is 1060. The Morgan fingerprint density at radius 1 is 1.03 bits per heavy atom. The summed E-state index contributed by atoms with van der Waals surface area (Å²) in [6.07, 6.45) is -0.959. The van der Waals surface area contributed by atoms with Gasteiger partial charge in [-0.3, -0.25) is 4.79 Å². The molecule has 1 amide bonds. The molecule has 0 aliphatic heterocycles. The lowest BCUT2D eigenvalue weighted by molar-refractivity contribution is -0.123. The number of carbonyl (C=O) groups is 2. The maximum Gasteiger partial charge on any atom is 0.340 e. The second-order valence-corrected chi connectivity index (χ2v) is 7.32. The SMILES string of the molecule is CCOc1ccccc1NC(=O)[C@H](C)OC(=O)c1cc(C)n(Cc2ccccc2)c1C. The monoisotopic (exact) mass is 420 g/mol. The molecule has 0 spiro atoms. The van der Waals surface area contributed by atoms with E-state index >= 15 is 0 Å². The third kappa shape index (κ3) is 5.34. The average molecular weight is 421 g/mol. The number of anilines is 1. The summed E-state index contributed by atoms with van der Waals surface area (Å²) in [5.41, 5.74) is 3.91. The maximum absolute atomic E-state index is 12.8. The van der Waals surface area contributed by atoms with Crippen molar-refractivity contribution in [3.63, 3.8) is 0 Å². The predicted octanol–water partition coefficient (Wildman–Crippen LogP) is 4.74. The van der Waals surface area contributed by atoms with Crippen LogP contribution in [0.2, 0.25) is 0 Å². The molecule has 162 valence electrons. The molecule has 0 radical (unpaired) electrons. The molecule has 6 nitrogen and oxygen atoms in total. The number of aromatic nitrogens is 1. The Hall–Kier alpha value is -3.54.